The maximum atomic E-state index is 13.3. The molecule has 3 heterocycles. The van der Waals surface area contributed by atoms with Crippen LogP contribution in [0.1, 0.15) is 43.3 Å². The van der Waals surface area contributed by atoms with Gasteiger partial charge in [0.15, 0.2) is 5.76 Å². The topological polar surface area (TPSA) is 78.2 Å². The van der Waals surface area contributed by atoms with E-state index in [0.29, 0.717) is 23.6 Å². The Bertz CT molecular complexity index is 1260. The van der Waals surface area contributed by atoms with E-state index in [1.54, 1.807) is 22.4 Å². The van der Waals surface area contributed by atoms with Crippen LogP contribution in [0.4, 0.5) is 0 Å². The third-order valence-electron chi connectivity index (χ3n) is 6.40. The molecule has 0 unspecified atom stereocenters. The molecule has 2 aromatic heterocycles. The number of hydrogen-bond donors (Lipinski definition) is 1. The van der Waals surface area contributed by atoms with Gasteiger partial charge in [-0.2, -0.15) is 0 Å². The molecule has 3 aromatic rings. The Hall–Kier alpha value is -2.97. The molecule has 8 heteroatoms. The first kappa shape index (κ1) is 24.2. The molecule has 1 fully saturated rings. The van der Waals surface area contributed by atoms with E-state index in [1.807, 2.05) is 42.5 Å². The molecule has 1 amide bonds. The molecule has 178 valence electrons. The van der Waals surface area contributed by atoms with Crippen molar-refractivity contribution < 1.29 is 14.7 Å². The van der Waals surface area contributed by atoms with Gasteiger partial charge in [0.1, 0.15) is 11.3 Å². The van der Waals surface area contributed by atoms with E-state index in [2.05, 4.69) is 39.7 Å². The molecule has 1 aliphatic heterocycles. The van der Waals surface area contributed by atoms with Gasteiger partial charge >= 0.3 is 0 Å². The van der Waals surface area contributed by atoms with Crippen molar-refractivity contribution >= 4 is 39.0 Å². The highest BCUT2D eigenvalue weighted by atomic mass is 79.9. The minimum Gasteiger partial charge on any atom is -0.505 e. The first-order chi connectivity index (χ1) is 16.4. The van der Waals surface area contributed by atoms with Crippen LogP contribution in [-0.4, -0.2) is 62.2 Å². The lowest BCUT2D eigenvalue weighted by Crippen LogP contribution is -2.33. The number of imidazole rings is 1. The van der Waals surface area contributed by atoms with E-state index >= 15 is 0 Å². The normalized spacial score (nSPS) is 17.9. The van der Waals surface area contributed by atoms with Gasteiger partial charge in [-0.15, -0.1) is 0 Å². The zero-order valence-electron chi connectivity index (χ0n) is 19.7. The van der Waals surface area contributed by atoms with Gasteiger partial charge in [-0.1, -0.05) is 48.0 Å². The van der Waals surface area contributed by atoms with Crippen molar-refractivity contribution in [1.29, 1.82) is 0 Å². The average molecular weight is 525 g/mol. The summed E-state index contributed by atoms with van der Waals surface area (Å²) in [5.74, 6) is -1.46. The van der Waals surface area contributed by atoms with Crippen LogP contribution >= 0.6 is 15.9 Å². The number of aryl methyl sites for hydroxylation is 1. The number of pyridine rings is 1. The first-order valence-corrected chi connectivity index (χ1v) is 12.4. The van der Waals surface area contributed by atoms with Crippen molar-refractivity contribution in [1.82, 2.24) is 19.2 Å². The van der Waals surface area contributed by atoms with Gasteiger partial charge in [0.25, 0.3) is 11.7 Å². The van der Waals surface area contributed by atoms with E-state index in [-0.39, 0.29) is 11.3 Å². The van der Waals surface area contributed by atoms with Crippen molar-refractivity contribution in [2.45, 2.75) is 33.2 Å². The number of aliphatic hydroxyl groups excluding tert-OH is 1. The number of Topliss-reactive ketones (excluding diaryl/α,β-unsaturated/α-hetero) is 1. The number of benzene rings is 1. The van der Waals surface area contributed by atoms with Gasteiger partial charge in [0, 0.05) is 17.2 Å². The maximum Gasteiger partial charge on any atom is 0.295 e. The number of aromatic nitrogens is 2. The second-order valence-corrected chi connectivity index (χ2v) is 9.32. The molecule has 1 aromatic carbocycles. The lowest BCUT2D eigenvalue weighted by atomic mass is 9.96. The van der Waals surface area contributed by atoms with Gasteiger partial charge < -0.3 is 14.9 Å². The number of likely N-dealkylation sites (tertiary alicyclic amines) is 1. The van der Waals surface area contributed by atoms with Gasteiger partial charge in [0.2, 0.25) is 0 Å². The van der Waals surface area contributed by atoms with Crippen molar-refractivity contribution in [3.63, 3.8) is 0 Å². The molecule has 0 aliphatic carbocycles. The summed E-state index contributed by atoms with van der Waals surface area (Å²) in [6, 6.07) is 12.4. The van der Waals surface area contributed by atoms with Crippen molar-refractivity contribution in [2.75, 3.05) is 26.2 Å². The predicted octanol–water partition coefficient (Wildman–Crippen LogP) is 4.56. The quantitative estimate of drug-likeness (QED) is 0.265. The molecule has 34 heavy (non-hydrogen) atoms. The lowest BCUT2D eigenvalue weighted by molar-refractivity contribution is -0.140. The second kappa shape index (κ2) is 10.1. The fourth-order valence-corrected chi connectivity index (χ4v) is 5.08. The molecule has 1 aliphatic rings. The summed E-state index contributed by atoms with van der Waals surface area (Å²) in [6.45, 7) is 9.10. The average Bonchev–Trinajstić information content (AvgIpc) is 3.29. The number of fused-ring (bicyclic) bond motifs is 1. The smallest absolute Gasteiger partial charge is 0.295 e. The zero-order chi connectivity index (χ0) is 24.4. The SMILES string of the molecule is CCN(CC)CCCN1C(=O)C(=O)/C(=C(/O)c2c(C)nc3ccccn23)[C@@H]1c1cccc(Br)c1. The third-order valence-corrected chi connectivity index (χ3v) is 6.89. The van der Waals surface area contributed by atoms with E-state index in [9.17, 15) is 14.7 Å². The van der Waals surface area contributed by atoms with Crippen molar-refractivity contribution in [2.24, 2.45) is 0 Å². The van der Waals surface area contributed by atoms with Crippen LogP contribution < -0.4 is 0 Å². The Morgan fingerprint density at radius 2 is 1.91 bits per heavy atom. The maximum absolute atomic E-state index is 13.3. The third kappa shape index (κ3) is 4.40. The lowest BCUT2D eigenvalue weighted by Gasteiger charge is -2.27. The number of carbonyl (C=O) groups excluding carboxylic acids is 2. The number of ketones is 1. The number of aliphatic hydroxyl groups is 1. The molecule has 1 saturated heterocycles. The minimum atomic E-state index is -0.678. The van der Waals surface area contributed by atoms with Crippen LogP contribution in [0.3, 0.4) is 0 Å². The Labute approximate surface area is 207 Å². The van der Waals surface area contributed by atoms with Crippen LogP contribution in [-0.2, 0) is 9.59 Å². The Balaban J connectivity index is 1.82. The highest BCUT2D eigenvalue weighted by Gasteiger charge is 2.46. The molecule has 1 atom stereocenters. The number of rotatable bonds is 8. The summed E-state index contributed by atoms with van der Waals surface area (Å²) >= 11 is 3.50. The molecule has 0 bridgehead atoms. The van der Waals surface area contributed by atoms with Gasteiger partial charge in [0.05, 0.1) is 17.3 Å². The fraction of sp³-hybridized carbons (Fsp3) is 0.346. The van der Waals surface area contributed by atoms with Gasteiger partial charge in [-0.3, -0.25) is 14.0 Å². The van der Waals surface area contributed by atoms with Crippen LogP contribution in [0.15, 0.2) is 58.7 Å². The summed E-state index contributed by atoms with van der Waals surface area (Å²) in [5, 5.41) is 11.5. The summed E-state index contributed by atoms with van der Waals surface area (Å²) in [5.41, 5.74) is 2.54. The van der Waals surface area contributed by atoms with Gasteiger partial charge in [-0.05, 0) is 62.8 Å². The predicted molar refractivity (Wildman–Crippen MR) is 135 cm³/mol. The number of amides is 1. The zero-order valence-corrected chi connectivity index (χ0v) is 21.2. The van der Waals surface area contributed by atoms with E-state index in [0.717, 1.165) is 36.1 Å². The van der Waals surface area contributed by atoms with Crippen LogP contribution in [0, 0.1) is 6.92 Å². The molecular weight excluding hydrogens is 496 g/mol. The largest absolute Gasteiger partial charge is 0.505 e. The van der Waals surface area contributed by atoms with Crippen LogP contribution in [0.2, 0.25) is 0 Å². The highest BCUT2D eigenvalue weighted by Crippen LogP contribution is 2.40. The molecule has 0 saturated carbocycles. The highest BCUT2D eigenvalue weighted by molar-refractivity contribution is 9.10. The summed E-state index contributed by atoms with van der Waals surface area (Å²) < 4.78 is 2.58. The van der Waals surface area contributed by atoms with Crippen LogP contribution in [0.5, 0.6) is 0 Å². The van der Waals surface area contributed by atoms with E-state index in [4.69, 9.17) is 0 Å². The van der Waals surface area contributed by atoms with E-state index in [1.165, 1.54) is 0 Å². The Morgan fingerprint density at radius 3 is 2.62 bits per heavy atom. The number of halogens is 1. The monoisotopic (exact) mass is 524 g/mol. The fourth-order valence-electron chi connectivity index (χ4n) is 4.66. The first-order valence-electron chi connectivity index (χ1n) is 11.6. The Morgan fingerprint density at radius 1 is 1.15 bits per heavy atom. The molecule has 4 rings (SSSR count). The molecule has 0 spiro atoms. The number of carbonyl (C=O) groups is 2. The number of nitrogens with zero attached hydrogens (tertiary/aromatic N) is 4. The minimum absolute atomic E-state index is 0.0969. The summed E-state index contributed by atoms with van der Waals surface area (Å²) in [6.07, 6.45) is 2.52. The molecule has 7 nitrogen and oxygen atoms in total. The van der Waals surface area contributed by atoms with Crippen molar-refractivity contribution in [3.8, 4) is 0 Å². The van der Waals surface area contributed by atoms with Crippen LogP contribution in [0.25, 0.3) is 11.4 Å². The standard InChI is InChI=1S/C26H29BrN4O3/c1-4-29(5-2)13-9-15-31-23(18-10-8-11-19(27)16-18)21(25(33)26(31)34)24(32)22-17(3)28-20-12-6-7-14-30(20)22/h6-8,10-12,14,16,23,32H,4-5,9,13,15H2,1-3H3/b24-21+/t23-/m0/s1. The number of hydrogen-bond acceptors (Lipinski definition) is 5. The molecule has 1 N–H and O–H groups in total. The summed E-state index contributed by atoms with van der Waals surface area (Å²) in [7, 11) is 0. The second-order valence-electron chi connectivity index (χ2n) is 8.40. The molecule has 0 radical (unpaired) electrons. The Kier molecular flexibility index (Phi) is 7.19. The summed E-state index contributed by atoms with van der Waals surface area (Å²) in [4.78, 5) is 34.9. The van der Waals surface area contributed by atoms with E-state index < -0.39 is 17.7 Å². The van der Waals surface area contributed by atoms with Gasteiger partial charge in [-0.25, -0.2) is 4.98 Å². The molecular formula is C26H29BrN4O3. The van der Waals surface area contributed by atoms with Crippen molar-refractivity contribution in [3.05, 3.63) is 75.7 Å².